The lowest BCUT2D eigenvalue weighted by atomic mass is 10.1. The van der Waals surface area contributed by atoms with Crippen molar-refractivity contribution in [2.75, 3.05) is 26.7 Å². The van der Waals surface area contributed by atoms with Crippen LogP contribution in [0.4, 0.5) is 4.79 Å². The van der Waals surface area contributed by atoms with Gasteiger partial charge in [-0.05, 0) is 52.4 Å². The molecule has 1 aromatic rings. The van der Waals surface area contributed by atoms with E-state index in [2.05, 4.69) is 20.3 Å². The largest absolute Gasteiger partial charge is 0.444 e. The van der Waals surface area contributed by atoms with E-state index in [0.717, 1.165) is 5.56 Å². The van der Waals surface area contributed by atoms with Crippen molar-refractivity contribution in [1.82, 2.24) is 20.3 Å². The summed E-state index contributed by atoms with van der Waals surface area (Å²) in [5, 5.41) is 6.48. The minimum absolute atomic E-state index is 0. The van der Waals surface area contributed by atoms with E-state index in [1.165, 1.54) is 7.05 Å². The second kappa shape index (κ2) is 11.1. The van der Waals surface area contributed by atoms with Crippen LogP contribution in [0.25, 0.3) is 0 Å². The first-order chi connectivity index (χ1) is 13.5. The number of benzene rings is 1. The molecule has 0 radical (unpaired) electrons. The molecule has 1 fully saturated rings. The minimum Gasteiger partial charge on any atom is -0.444 e. The number of nitrogens with zero attached hydrogens (tertiary/aromatic N) is 2. The number of halogens is 1. The van der Waals surface area contributed by atoms with Crippen LogP contribution >= 0.6 is 24.0 Å². The maximum Gasteiger partial charge on any atom is 0.410 e. The summed E-state index contributed by atoms with van der Waals surface area (Å²) in [5.41, 5.74) is 0.384. The minimum atomic E-state index is -3.44. The van der Waals surface area contributed by atoms with Gasteiger partial charge in [0.1, 0.15) is 5.60 Å². The van der Waals surface area contributed by atoms with Crippen LogP contribution < -0.4 is 15.4 Å². The lowest BCUT2D eigenvalue weighted by Crippen LogP contribution is -2.63. The Morgan fingerprint density at radius 1 is 1.23 bits per heavy atom. The number of rotatable bonds is 6. The van der Waals surface area contributed by atoms with Crippen molar-refractivity contribution in [2.24, 2.45) is 4.99 Å². The zero-order valence-corrected chi connectivity index (χ0v) is 21.2. The normalized spacial score (nSPS) is 15.1. The van der Waals surface area contributed by atoms with Crippen LogP contribution in [0.1, 0.15) is 33.3 Å². The molecule has 0 unspecified atom stereocenters. The molecule has 9 nitrogen and oxygen atoms in total. The molecule has 3 N–H and O–H groups in total. The van der Waals surface area contributed by atoms with Crippen LogP contribution in [-0.2, 0) is 21.3 Å². The smallest absolute Gasteiger partial charge is 0.410 e. The monoisotopic (exact) mass is 553 g/mol. The Morgan fingerprint density at radius 3 is 2.33 bits per heavy atom. The van der Waals surface area contributed by atoms with E-state index in [0.29, 0.717) is 32.1 Å². The van der Waals surface area contributed by atoms with Gasteiger partial charge in [0.2, 0.25) is 10.0 Å². The zero-order chi connectivity index (χ0) is 21.7. The fraction of sp³-hybridized carbons (Fsp3) is 0.579. The van der Waals surface area contributed by atoms with Gasteiger partial charge in [-0.2, -0.15) is 0 Å². The zero-order valence-electron chi connectivity index (χ0n) is 18.1. The quantitative estimate of drug-likeness (QED) is 0.282. The third kappa shape index (κ3) is 7.91. The highest BCUT2D eigenvalue weighted by Crippen LogP contribution is 2.15. The third-order valence-corrected chi connectivity index (χ3v) is 5.57. The molecule has 1 aromatic carbocycles. The van der Waals surface area contributed by atoms with Gasteiger partial charge in [0.05, 0.1) is 17.5 Å². The van der Waals surface area contributed by atoms with Gasteiger partial charge in [0.25, 0.3) is 0 Å². The number of guanidine groups is 1. The second-order valence-electron chi connectivity index (χ2n) is 7.77. The van der Waals surface area contributed by atoms with E-state index < -0.39 is 15.6 Å². The molecule has 0 aromatic heterocycles. The van der Waals surface area contributed by atoms with Gasteiger partial charge in [0, 0.05) is 19.6 Å². The molecule has 11 heteroatoms. The Hall–Kier alpha value is -1.60. The van der Waals surface area contributed by atoms with Gasteiger partial charge >= 0.3 is 6.09 Å². The molecule has 1 aliphatic rings. The molecular weight excluding hydrogens is 521 g/mol. The number of ether oxygens (including phenoxy) is 1. The number of nitrogens with one attached hydrogen (secondary N) is 3. The van der Waals surface area contributed by atoms with Gasteiger partial charge in [-0.3, -0.25) is 0 Å². The molecule has 0 bridgehead atoms. The number of aliphatic imine (C=N–C) groups is 1. The van der Waals surface area contributed by atoms with Crippen molar-refractivity contribution >= 4 is 46.1 Å². The van der Waals surface area contributed by atoms with Crippen LogP contribution in [0.15, 0.2) is 34.2 Å². The summed E-state index contributed by atoms with van der Waals surface area (Å²) in [5.74, 6) is 0.647. The molecule has 1 aliphatic heterocycles. The van der Waals surface area contributed by atoms with Gasteiger partial charge in [-0.25, -0.2) is 22.9 Å². The maximum absolute atomic E-state index is 12.0. The van der Waals surface area contributed by atoms with Crippen LogP contribution in [0.5, 0.6) is 0 Å². The number of carbonyl (C=O) groups excluding carboxylic acids is 1. The van der Waals surface area contributed by atoms with Crippen LogP contribution in [0.3, 0.4) is 0 Å². The highest BCUT2D eigenvalue weighted by Gasteiger charge is 2.34. The first kappa shape index (κ1) is 26.4. The highest BCUT2D eigenvalue weighted by molar-refractivity contribution is 14.0. The Balaban J connectivity index is 0.00000450. The first-order valence-corrected chi connectivity index (χ1v) is 11.1. The number of amides is 1. The van der Waals surface area contributed by atoms with Gasteiger partial charge < -0.3 is 20.3 Å². The summed E-state index contributed by atoms with van der Waals surface area (Å²) >= 11 is 0. The molecule has 0 atom stereocenters. The summed E-state index contributed by atoms with van der Waals surface area (Å²) < 4.78 is 31.2. The predicted molar refractivity (Wildman–Crippen MR) is 128 cm³/mol. The molecule has 1 amide bonds. The number of hydrogen-bond donors (Lipinski definition) is 3. The predicted octanol–water partition coefficient (Wildman–Crippen LogP) is 1.89. The lowest BCUT2D eigenvalue weighted by molar-refractivity contribution is 0.00700. The van der Waals surface area contributed by atoms with E-state index in [1.807, 2.05) is 27.7 Å². The van der Waals surface area contributed by atoms with Crippen molar-refractivity contribution in [3.8, 4) is 0 Å². The molecule has 0 saturated carbocycles. The third-order valence-electron chi connectivity index (χ3n) is 4.14. The number of sulfonamides is 1. The van der Waals surface area contributed by atoms with Crippen LogP contribution in [0, 0.1) is 0 Å². The molecule has 170 valence electrons. The summed E-state index contributed by atoms with van der Waals surface area (Å²) in [6, 6.07) is 6.70. The Kier molecular flexibility index (Phi) is 9.82. The topological polar surface area (TPSA) is 112 Å². The molecule has 1 saturated heterocycles. The van der Waals surface area contributed by atoms with E-state index in [1.54, 1.807) is 29.2 Å². The summed E-state index contributed by atoms with van der Waals surface area (Å²) in [6.45, 7) is 9.71. The Morgan fingerprint density at radius 2 is 1.83 bits per heavy atom. The van der Waals surface area contributed by atoms with Crippen molar-refractivity contribution in [3.63, 3.8) is 0 Å². The van der Waals surface area contributed by atoms with Gasteiger partial charge in [-0.15, -0.1) is 24.0 Å². The summed E-state index contributed by atoms with van der Waals surface area (Å²) in [4.78, 5) is 18.4. The highest BCUT2D eigenvalue weighted by atomic mass is 127. The lowest BCUT2D eigenvalue weighted by Gasteiger charge is -2.40. The Labute approximate surface area is 196 Å². The fourth-order valence-electron chi connectivity index (χ4n) is 2.62. The second-order valence-corrected chi connectivity index (χ2v) is 9.66. The molecule has 30 heavy (non-hydrogen) atoms. The standard InChI is InChI=1S/C19H31N5O4S.HI/c1-6-21-17(23-15-12-24(13-15)18(25)28-19(2,3)4)22-11-14-7-9-16(10-8-14)29(26,27)20-5;/h7-10,15,20H,6,11-13H2,1-5H3,(H2,21,22,23);1H. The molecule has 0 spiro atoms. The average Bonchev–Trinajstić information content (AvgIpc) is 2.61. The summed E-state index contributed by atoms with van der Waals surface area (Å²) in [6.07, 6.45) is -0.311. The molecule has 0 aliphatic carbocycles. The van der Waals surface area contributed by atoms with Gasteiger partial charge in [0.15, 0.2) is 5.96 Å². The van der Waals surface area contributed by atoms with Crippen molar-refractivity contribution in [3.05, 3.63) is 29.8 Å². The van der Waals surface area contributed by atoms with E-state index in [9.17, 15) is 13.2 Å². The molecular formula is C19H32IN5O4S. The Bertz CT molecular complexity index is 831. The van der Waals surface area contributed by atoms with Crippen LogP contribution in [0.2, 0.25) is 0 Å². The average molecular weight is 553 g/mol. The fourth-order valence-corrected chi connectivity index (χ4v) is 3.35. The first-order valence-electron chi connectivity index (χ1n) is 9.59. The number of hydrogen-bond acceptors (Lipinski definition) is 5. The van der Waals surface area contributed by atoms with Crippen LogP contribution in [-0.4, -0.2) is 63.7 Å². The number of likely N-dealkylation sites (tertiary alicyclic amines) is 1. The van der Waals surface area contributed by atoms with E-state index in [4.69, 9.17) is 4.74 Å². The van der Waals surface area contributed by atoms with Crippen molar-refractivity contribution in [1.29, 1.82) is 0 Å². The summed E-state index contributed by atoms with van der Waals surface area (Å²) in [7, 11) is -2.06. The van der Waals surface area contributed by atoms with Crippen molar-refractivity contribution in [2.45, 2.75) is 50.8 Å². The maximum atomic E-state index is 12.0. The molecule has 2 rings (SSSR count). The van der Waals surface area contributed by atoms with E-state index in [-0.39, 0.29) is 41.0 Å². The van der Waals surface area contributed by atoms with Crippen molar-refractivity contribution < 1.29 is 17.9 Å². The van der Waals surface area contributed by atoms with Gasteiger partial charge in [-0.1, -0.05) is 12.1 Å². The van der Waals surface area contributed by atoms with E-state index >= 15 is 0 Å². The SMILES string of the molecule is CCNC(=NCc1ccc(S(=O)(=O)NC)cc1)NC1CN(C(=O)OC(C)(C)C)C1.I. The number of carbonyl (C=O) groups is 1. The molecule has 1 heterocycles.